The number of hydrogen-bond donors (Lipinski definition) is 1. The fraction of sp³-hybridized carbons (Fsp3) is 0.125. The van der Waals surface area contributed by atoms with E-state index in [0.717, 1.165) is 11.2 Å². The molecule has 0 spiro atoms. The maximum Gasteiger partial charge on any atom is 0.149 e. The van der Waals surface area contributed by atoms with E-state index in [-0.39, 0.29) is 5.82 Å². The molecule has 2 heterocycles. The zero-order valence-corrected chi connectivity index (χ0v) is 7.96. The van der Waals surface area contributed by atoms with Crippen molar-refractivity contribution in [3.63, 3.8) is 0 Å². The van der Waals surface area contributed by atoms with Crippen molar-refractivity contribution in [1.82, 2.24) is 15.2 Å². The molecule has 0 radical (unpaired) electrons. The normalized spacial score (nSPS) is 10.4. The third-order valence-electron chi connectivity index (χ3n) is 1.59. The minimum atomic E-state index is -0.382. The van der Waals surface area contributed by atoms with E-state index in [2.05, 4.69) is 15.2 Å². The summed E-state index contributed by atoms with van der Waals surface area (Å²) in [7, 11) is 0. The Morgan fingerprint density at radius 2 is 2.21 bits per heavy atom. The van der Waals surface area contributed by atoms with E-state index in [1.54, 1.807) is 6.20 Å². The summed E-state index contributed by atoms with van der Waals surface area (Å²) >= 11 is 1.34. The van der Waals surface area contributed by atoms with Crippen molar-refractivity contribution in [2.24, 2.45) is 5.73 Å². The summed E-state index contributed by atoms with van der Waals surface area (Å²) in [6.45, 7) is 0.348. The van der Waals surface area contributed by atoms with Gasteiger partial charge in [0.2, 0.25) is 0 Å². The van der Waals surface area contributed by atoms with Gasteiger partial charge in [-0.3, -0.25) is 4.98 Å². The van der Waals surface area contributed by atoms with Crippen LogP contribution < -0.4 is 5.73 Å². The van der Waals surface area contributed by atoms with E-state index < -0.39 is 0 Å². The summed E-state index contributed by atoms with van der Waals surface area (Å²) in [5, 5.41) is 9.08. The van der Waals surface area contributed by atoms with Crippen molar-refractivity contribution in [1.29, 1.82) is 0 Å². The molecule has 0 aliphatic carbocycles. The lowest BCUT2D eigenvalue weighted by Gasteiger charge is -1.92. The van der Waals surface area contributed by atoms with Crippen LogP contribution in [-0.4, -0.2) is 15.2 Å². The molecule has 14 heavy (non-hydrogen) atoms. The highest BCUT2D eigenvalue weighted by Gasteiger charge is 2.06. The van der Waals surface area contributed by atoms with Crippen LogP contribution in [0.5, 0.6) is 0 Å². The monoisotopic (exact) mass is 210 g/mol. The molecule has 0 saturated heterocycles. The average Bonchev–Trinajstić information content (AvgIpc) is 2.66. The average molecular weight is 210 g/mol. The van der Waals surface area contributed by atoms with E-state index in [1.807, 2.05) is 0 Å². The van der Waals surface area contributed by atoms with Crippen LogP contribution in [0.3, 0.4) is 0 Å². The second-order valence-corrected chi connectivity index (χ2v) is 3.66. The summed E-state index contributed by atoms with van der Waals surface area (Å²) in [5.41, 5.74) is 6.02. The number of nitrogens with zero attached hydrogens (tertiary/aromatic N) is 3. The lowest BCUT2D eigenvalue weighted by Crippen LogP contribution is -1.94. The first-order valence-corrected chi connectivity index (χ1v) is 4.74. The van der Waals surface area contributed by atoms with Crippen LogP contribution in [0.4, 0.5) is 4.39 Å². The summed E-state index contributed by atoms with van der Waals surface area (Å²) in [4.78, 5) is 3.73. The van der Waals surface area contributed by atoms with Gasteiger partial charge < -0.3 is 5.73 Å². The Labute approximate surface area is 83.6 Å². The van der Waals surface area contributed by atoms with Crippen molar-refractivity contribution >= 4 is 11.3 Å². The van der Waals surface area contributed by atoms with E-state index in [0.29, 0.717) is 17.1 Å². The summed E-state index contributed by atoms with van der Waals surface area (Å²) in [6, 6.07) is 1.37. The van der Waals surface area contributed by atoms with Crippen LogP contribution in [0.15, 0.2) is 18.5 Å². The van der Waals surface area contributed by atoms with Crippen LogP contribution in [0.2, 0.25) is 0 Å². The molecule has 0 aliphatic heterocycles. The van der Waals surface area contributed by atoms with E-state index in [9.17, 15) is 4.39 Å². The molecule has 0 aliphatic rings. The molecule has 2 aromatic heterocycles. The molecule has 0 amide bonds. The maximum absolute atomic E-state index is 12.8. The topological polar surface area (TPSA) is 64.7 Å². The summed E-state index contributed by atoms with van der Waals surface area (Å²) < 4.78 is 12.8. The number of nitrogens with two attached hydrogens (primary N) is 1. The van der Waals surface area contributed by atoms with Gasteiger partial charge >= 0.3 is 0 Å². The number of rotatable bonds is 2. The Morgan fingerprint density at radius 3 is 2.86 bits per heavy atom. The van der Waals surface area contributed by atoms with Gasteiger partial charge in [0.1, 0.15) is 15.8 Å². The molecule has 0 bridgehead atoms. The Balaban J connectivity index is 2.39. The molecule has 0 atom stereocenters. The van der Waals surface area contributed by atoms with Gasteiger partial charge in [-0.2, -0.15) is 0 Å². The molecule has 4 nitrogen and oxygen atoms in total. The van der Waals surface area contributed by atoms with Crippen molar-refractivity contribution < 1.29 is 4.39 Å². The standard InChI is InChI=1S/C8H7FN4S/c9-6-1-5(3-11-4-6)8-13-12-7(2-10)14-8/h1,3-4H,2,10H2. The SMILES string of the molecule is NCc1nnc(-c2cncc(F)c2)s1. The Bertz CT molecular complexity index is 442. The van der Waals surface area contributed by atoms with Crippen LogP contribution >= 0.6 is 11.3 Å². The first kappa shape index (κ1) is 9.17. The van der Waals surface area contributed by atoms with E-state index in [4.69, 9.17) is 5.73 Å². The Morgan fingerprint density at radius 1 is 1.36 bits per heavy atom. The van der Waals surface area contributed by atoms with Crippen LogP contribution in [0.25, 0.3) is 10.6 Å². The second-order valence-electron chi connectivity index (χ2n) is 2.60. The third-order valence-corrected chi connectivity index (χ3v) is 2.59. The molecule has 0 aromatic carbocycles. The van der Waals surface area contributed by atoms with Crippen LogP contribution in [-0.2, 0) is 6.54 Å². The van der Waals surface area contributed by atoms with Crippen LogP contribution in [0.1, 0.15) is 5.01 Å². The number of hydrogen-bond acceptors (Lipinski definition) is 5. The molecule has 2 aromatic rings. The number of pyridine rings is 1. The smallest absolute Gasteiger partial charge is 0.149 e. The minimum Gasteiger partial charge on any atom is -0.324 e. The highest BCUT2D eigenvalue weighted by molar-refractivity contribution is 7.14. The van der Waals surface area contributed by atoms with Gasteiger partial charge in [0.25, 0.3) is 0 Å². The second kappa shape index (κ2) is 3.77. The van der Waals surface area contributed by atoms with Crippen molar-refractivity contribution in [3.8, 4) is 10.6 Å². The fourth-order valence-electron chi connectivity index (χ4n) is 0.982. The van der Waals surface area contributed by atoms with Crippen LogP contribution in [0, 0.1) is 5.82 Å². The van der Waals surface area contributed by atoms with E-state index in [1.165, 1.54) is 17.4 Å². The number of halogens is 1. The van der Waals surface area contributed by atoms with Gasteiger partial charge in [0, 0.05) is 18.3 Å². The predicted octanol–water partition coefficient (Wildman–Crippen LogP) is 1.20. The molecule has 72 valence electrons. The molecule has 0 saturated carbocycles. The molecule has 0 unspecified atom stereocenters. The minimum absolute atomic E-state index is 0.348. The molecule has 2 rings (SSSR count). The lowest BCUT2D eigenvalue weighted by molar-refractivity contribution is 0.622. The zero-order valence-electron chi connectivity index (χ0n) is 7.14. The van der Waals surface area contributed by atoms with Gasteiger partial charge in [-0.05, 0) is 6.07 Å². The molecular weight excluding hydrogens is 203 g/mol. The maximum atomic E-state index is 12.8. The van der Waals surface area contributed by atoms with Gasteiger partial charge in [0.15, 0.2) is 0 Å². The largest absolute Gasteiger partial charge is 0.324 e. The fourth-order valence-corrected chi connectivity index (χ4v) is 1.68. The van der Waals surface area contributed by atoms with E-state index >= 15 is 0 Å². The highest BCUT2D eigenvalue weighted by atomic mass is 32.1. The molecule has 2 N–H and O–H groups in total. The molecular formula is C8H7FN4S. The van der Waals surface area contributed by atoms with Crippen molar-refractivity contribution in [2.45, 2.75) is 6.54 Å². The van der Waals surface area contributed by atoms with Crippen molar-refractivity contribution in [3.05, 3.63) is 29.3 Å². The van der Waals surface area contributed by atoms with Gasteiger partial charge in [-0.15, -0.1) is 10.2 Å². The first-order chi connectivity index (χ1) is 6.79. The molecule has 0 fully saturated rings. The first-order valence-electron chi connectivity index (χ1n) is 3.93. The Hall–Kier alpha value is -1.40. The lowest BCUT2D eigenvalue weighted by atomic mass is 10.3. The highest BCUT2D eigenvalue weighted by Crippen LogP contribution is 2.22. The predicted molar refractivity (Wildman–Crippen MR) is 51.0 cm³/mol. The summed E-state index contributed by atoms with van der Waals surface area (Å²) in [5.74, 6) is -0.382. The van der Waals surface area contributed by atoms with Gasteiger partial charge in [-0.1, -0.05) is 11.3 Å². The zero-order chi connectivity index (χ0) is 9.97. The van der Waals surface area contributed by atoms with Gasteiger partial charge in [-0.25, -0.2) is 4.39 Å². The Kier molecular flexibility index (Phi) is 2.47. The van der Waals surface area contributed by atoms with Crippen molar-refractivity contribution in [2.75, 3.05) is 0 Å². The third kappa shape index (κ3) is 1.75. The quantitative estimate of drug-likeness (QED) is 0.808. The summed E-state index contributed by atoms with van der Waals surface area (Å²) in [6.07, 6.45) is 2.69. The molecule has 6 heteroatoms. The number of aromatic nitrogens is 3. The van der Waals surface area contributed by atoms with Gasteiger partial charge in [0.05, 0.1) is 6.20 Å².